The molecule has 0 spiro atoms. The first kappa shape index (κ1) is 24.1. The molecule has 0 heterocycles. The molecule has 1 aliphatic rings. The highest BCUT2D eigenvalue weighted by molar-refractivity contribution is 6.30. The lowest BCUT2D eigenvalue weighted by molar-refractivity contribution is -0.122. The van der Waals surface area contributed by atoms with Gasteiger partial charge in [-0.25, -0.2) is 4.79 Å². The Morgan fingerprint density at radius 3 is 2.38 bits per heavy atom. The number of hydrogen-bond acceptors (Lipinski definition) is 4. The summed E-state index contributed by atoms with van der Waals surface area (Å²) >= 11 is 6.08. The molecule has 3 rings (SSSR count). The van der Waals surface area contributed by atoms with E-state index in [1.807, 2.05) is 38.1 Å². The Hall–Kier alpha value is -2.53. The first-order valence-electron chi connectivity index (χ1n) is 11.4. The van der Waals surface area contributed by atoms with Crippen molar-refractivity contribution in [1.29, 1.82) is 0 Å². The zero-order valence-electron chi connectivity index (χ0n) is 19.1. The van der Waals surface area contributed by atoms with E-state index in [4.69, 9.17) is 21.1 Å². The summed E-state index contributed by atoms with van der Waals surface area (Å²) in [6.07, 6.45) is 5.43. The van der Waals surface area contributed by atoms with E-state index in [1.54, 1.807) is 25.1 Å². The van der Waals surface area contributed by atoms with Gasteiger partial charge in [-0.2, -0.15) is 0 Å². The van der Waals surface area contributed by atoms with Crippen LogP contribution >= 0.6 is 11.6 Å². The molecule has 0 unspecified atom stereocenters. The maximum atomic E-state index is 13.6. The third kappa shape index (κ3) is 5.44. The second-order valence-corrected chi connectivity index (χ2v) is 8.81. The first-order valence-corrected chi connectivity index (χ1v) is 11.8. The molecule has 32 heavy (non-hydrogen) atoms. The van der Waals surface area contributed by atoms with E-state index in [1.165, 1.54) is 0 Å². The lowest BCUT2D eigenvalue weighted by Gasteiger charge is -2.36. The molecule has 1 amide bonds. The molecule has 2 aromatic rings. The van der Waals surface area contributed by atoms with Crippen LogP contribution in [0, 0.1) is 0 Å². The minimum atomic E-state index is -0.612. The standard InChI is InChI=1S/C26H32ClNO4/c1-4-18(3)32-23-14-13-21(17-22(23)24(29)31-5-2)28-25(30)26(15-7-6-8-16-26)19-9-11-20(27)12-10-19/h9-14,17-18H,4-8,15-16H2,1-3H3,(H,28,30)/t18-/m1/s1. The summed E-state index contributed by atoms with van der Waals surface area (Å²) in [5.74, 6) is -0.0715. The van der Waals surface area contributed by atoms with Crippen LogP contribution in [0.4, 0.5) is 5.69 Å². The van der Waals surface area contributed by atoms with E-state index in [2.05, 4.69) is 5.32 Å². The molecule has 1 N–H and O–H groups in total. The van der Waals surface area contributed by atoms with Crippen molar-refractivity contribution in [3.8, 4) is 5.75 Å². The molecule has 172 valence electrons. The molecule has 0 aromatic heterocycles. The van der Waals surface area contributed by atoms with Crippen molar-refractivity contribution in [2.75, 3.05) is 11.9 Å². The summed E-state index contributed by atoms with van der Waals surface area (Å²) in [6.45, 7) is 5.99. The summed E-state index contributed by atoms with van der Waals surface area (Å²) in [7, 11) is 0. The fourth-order valence-electron chi connectivity index (χ4n) is 4.20. The minimum Gasteiger partial charge on any atom is -0.490 e. The summed E-state index contributed by atoms with van der Waals surface area (Å²) in [6, 6.07) is 12.7. The Labute approximate surface area is 195 Å². The SMILES string of the molecule is CCOC(=O)c1cc(NC(=O)C2(c3ccc(Cl)cc3)CCCCC2)ccc1O[C@H](C)CC. The average molecular weight is 458 g/mol. The highest BCUT2D eigenvalue weighted by Gasteiger charge is 2.41. The van der Waals surface area contributed by atoms with Gasteiger partial charge in [0.1, 0.15) is 11.3 Å². The van der Waals surface area contributed by atoms with E-state index < -0.39 is 11.4 Å². The van der Waals surface area contributed by atoms with Crippen LogP contribution in [0.1, 0.15) is 75.2 Å². The monoisotopic (exact) mass is 457 g/mol. The van der Waals surface area contributed by atoms with E-state index in [9.17, 15) is 9.59 Å². The summed E-state index contributed by atoms with van der Waals surface area (Å²) in [4.78, 5) is 26.2. The number of nitrogens with one attached hydrogen (secondary N) is 1. The van der Waals surface area contributed by atoms with Crippen molar-refractivity contribution in [3.63, 3.8) is 0 Å². The fraction of sp³-hybridized carbons (Fsp3) is 0.462. The number of anilines is 1. The van der Waals surface area contributed by atoms with Crippen LogP contribution in [-0.2, 0) is 14.9 Å². The van der Waals surface area contributed by atoms with Crippen LogP contribution in [0.25, 0.3) is 0 Å². The van der Waals surface area contributed by atoms with Crippen LogP contribution in [0.15, 0.2) is 42.5 Å². The van der Waals surface area contributed by atoms with E-state index >= 15 is 0 Å². The lowest BCUT2D eigenvalue weighted by Crippen LogP contribution is -2.42. The Morgan fingerprint density at radius 1 is 1.06 bits per heavy atom. The second kappa shape index (κ2) is 10.9. The molecular formula is C26H32ClNO4. The Balaban J connectivity index is 1.91. The van der Waals surface area contributed by atoms with Crippen molar-refractivity contribution >= 4 is 29.2 Å². The van der Waals surface area contributed by atoms with E-state index in [-0.39, 0.29) is 18.6 Å². The Morgan fingerprint density at radius 2 is 1.75 bits per heavy atom. The predicted octanol–water partition coefficient (Wildman–Crippen LogP) is 6.53. The van der Waals surface area contributed by atoms with Gasteiger partial charge in [0.25, 0.3) is 0 Å². The lowest BCUT2D eigenvalue weighted by atomic mass is 9.68. The number of ether oxygens (including phenoxy) is 2. The maximum Gasteiger partial charge on any atom is 0.341 e. The predicted molar refractivity (Wildman–Crippen MR) is 128 cm³/mol. The van der Waals surface area contributed by atoms with Crippen molar-refractivity contribution in [3.05, 3.63) is 58.6 Å². The zero-order valence-corrected chi connectivity index (χ0v) is 19.8. The summed E-state index contributed by atoms with van der Waals surface area (Å²) in [5, 5.41) is 3.71. The van der Waals surface area contributed by atoms with Gasteiger partial charge in [-0.1, -0.05) is 49.9 Å². The molecule has 1 saturated carbocycles. The van der Waals surface area contributed by atoms with Crippen molar-refractivity contribution in [1.82, 2.24) is 0 Å². The highest BCUT2D eigenvalue weighted by atomic mass is 35.5. The molecule has 5 nitrogen and oxygen atoms in total. The van der Waals surface area contributed by atoms with Crippen molar-refractivity contribution in [2.24, 2.45) is 0 Å². The second-order valence-electron chi connectivity index (χ2n) is 8.37. The fourth-order valence-corrected chi connectivity index (χ4v) is 4.33. The van der Waals surface area contributed by atoms with Gasteiger partial charge in [0.2, 0.25) is 5.91 Å². The highest BCUT2D eigenvalue weighted by Crippen LogP contribution is 2.41. The number of amides is 1. The molecule has 2 aromatic carbocycles. The molecule has 0 aliphatic heterocycles. The number of carbonyl (C=O) groups is 2. The molecule has 0 saturated heterocycles. The normalized spacial score (nSPS) is 16.1. The van der Waals surface area contributed by atoms with E-state index in [0.717, 1.165) is 44.1 Å². The van der Waals surface area contributed by atoms with Crippen LogP contribution in [-0.4, -0.2) is 24.6 Å². The third-order valence-electron chi connectivity index (χ3n) is 6.17. The number of esters is 1. The van der Waals surface area contributed by atoms with Gasteiger partial charge in [0, 0.05) is 10.7 Å². The summed E-state index contributed by atoms with van der Waals surface area (Å²) < 4.78 is 11.1. The van der Waals surface area contributed by atoms with Gasteiger partial charge in [-0.15, -0.1) is 0 Å². The average Bonchev–Trinajstić information content (AvgIpc) is 2.80. The molecule has 1 fully saturated rings. The van der Waals surface area contributed by atoms with Crippen LogP contribution in [0.5, 0.6) is 5.75 Å². The third-order valence-corrected chi connectivity index (χ3v) is 6.43. The minimum absolute atomic E-state index is 0.0426. The van der Waals surface area contributed by atoms with E-state index in [0.29, 0.717) is 22.0 Å². The Kier molecular flexibility index (Phi) is 8.19. The molecule has 0 bridgehead atoms. The molecule has 6 heteroatoms. The van der Waals surface area contributed by atoms with Crippen molar-refractivity contribution < 1.29 is 19.1 Å². The first-order chi connectivity index (χ1) is 15.4. The van der Waals surface area contributed by atoms with Gasteiger partial charge in [-0.05, 0) is 69.0 Å². The van der Waals surface area contributed by atoms with Gasteiger partial charge in [0.05, 0.1) is 18.1 Å². The quantitative estimate of drug-likeness (QED) is 0.457. The van der Waals surface area contributed by atoms with Crippen LogP contribution in [0.3, 0.4) is 0 Å². The van der Waals surface area contributed by atoms with Gasteiger partial charge < -0.3 is 14.8 Å². The number of carbonyl (C=O) groups excluding carboxylic acids is 2. The smallest absolute Gasteiger partial charge is 0.341 e. The Bertz CT molecular complexity index is 935. The van der Waals surface area contributed by atoms with Crippen LogP contribution < -0.4 is 10.1 Å². The van der Waals surface area contributed by atoms with Gasteiger partial charge in [0.15, 0.2) is 0 Å². The van der Waals surface area contributed by atoms with Crippen molar-refractivity contribution in [2.45, 2.75) is 70.8 Å². The number of rotatable bonds is 8. The number of hydrogen-bond donors (Lipinski definition) is 1. The number of benzene rings is 2. The van der Waals surface area contributed by atoms with Crippen LogP contribution in [0.2, 0.25) is 5.02 Å². The topological polar surface area (TPSA) is 64.6 Å². The zero-order chi connectivity index (χ0) is 23.1. The van der Waals surface area contributed by atoms with Gasteiger partial charge in [-0.3, -0.25) is 4.79 Å². The molecular weight excluding hydrogens is 426 g/mol. The maximum absolute atomic E-state index is 13.6. The summed E-state index contributed by atoms with van der Waals surface area (Å²) in [5.41, 5.74) is 1.22. The largest absolute Gasteiger partial charge is 0.490 e. The molecule has 0 radical (unpaired) electrons. The molecule has 1 atom stereocenters. The number of halogens is 1. The van der Waals surface area contributed by atoms with Gasteiger partial charge >= 0.3 is 5.97 Å². The molecule has 1 aliphatic carbocycles.